The summed E-state index contributed by atoms with van der Waals surface area (Å²) in [6.45, 7) is -0.123. The number of sulfonamides is 1. The molecule has 2 aromatic carbocycles. The molecule has 0 radical (unpaired) electrons. The highest BCUT2D eigenvalue weighted by molar-refractivity contribution is 7.89. The summed E-state index contributed by atoms with van der Waals surface area (Å²) in [6.07, 6.45) is 1.62. The second-order valence-electron chi connectivity index (χ2n) is 6.21. The second-order valence-corrected chi connectivity index (χ2v) is 8.25. The first kappa shape index (κ1) is 17.9. The van der Waals surface area contributed by atoms with Crippen LogP contribution in [0.1, 0.15) is 24.0 Å². The first-order valence-electron chi connectivity index (χ1n) is 8.03. The van der Waals surface area contributed by atoms with Crippen molar-refractivity contribution in [2.75, 3.05) is 5.75 Å². The van der Waals surface area contributed by atoms with E-state index in [0.717, 1.165) is 25.0 Å². The monoisotopic (exact) mass is 369 g/mol. The summed E-state index contributed by atoms with van der Waals surface area (Å²) in [4.78, 5) is 0. The summed E-state index contributed by atoms with van der Waals surface area (Å²) in [5.41, 5.74) is 0.731. The molecule has 0 atom stereocenters. The summed E-state index contributed by atoms with van der Waals surface area (Å²) in [5, 5.41) is 0. The molecule has 1 saturated carbocycles. The molecule has 1 fully saturated rings. The van der Waals surface area contributed by atoms with Crippen molar-refractivity contribution in [2.45, 2.75) is 31.8 Å². The van der Waals surface area contributed by atoms with Crippen molar-refractivity contribution in [2.24, 2.45) is 0 Å². The van der Waals surface area contributed by atoms with E-state index >= 15 is 0 Å². The van der Waals surface area contributed by atoms with Crippen LogP contribution >= 0.6 is 0 Å². The molecule has 3 rings (SSSR count). The van der Waals surface area contributed by atoms with Gasteiger partial charge in [-0.25, -0.2) is 21.6 Å². The number of halogens is 3. The molecule has 0 bridgehead atoms. The van der Waals surface area contributed by atoms with Crippen molar-refractivity contribution in [3.63, 3.8) is 0 Å². The van der Waals surface area contributed by atoms with Crippen LogP contribution in [0.15, 0.2) is 42.5 Å². The fourth-order valence-electron chi connectivity index (χ4n) is 2.69. The summed E-state index contributed by atoms with van der Waals surface area (Å²) >= 11 is 0. The molecule has 25 heavy (non-hydrogen) atoms. The van der Waals surface area contributed by atoms with Crippen molar-refractivity contribution in [3.8, 4) is 0 Å². The van der Waals surface area contributed by atoms with E-state index in [2.05, 4.69) is 0 Å². The molecular formula is C18H18F3NO2S. The molecule has 1 aliphatic carbocycles. The molecule has 1 aliphatic rings. The van der Waals surface area contributed by atoms with Gasteiger partial charge in [0.05, 0.1) is 5.75 Å². The van der Waals surface area contributed by atoms with Crippen molar-refractivity contribution in [1.82, 2.24) is 4.31 Å². The van der Waals surface area contributed by atoms with Crippen molar-refractivity contribution >= 4 is 10.0 Å². The number of hydrogen-bond acceptors (Lipinski definition) is 2. The van der Waals surface area contributed by atoms with E-state index in [1.807, 2.05) is 0 Å². The van der Waals surface area contributed by atoms with E-state index in [-0.39, 0.29) is 30.3 Å². The Morgan fingerprint density at radius 2 is 1.72 bits per heavy atom. The van der Waals surface area contributed by atoms with Gasteiger partial charge in [-0.15, -0.1) is 0 Å². The topological polar surface area (TPSA) is 37.4 Å². The van der Waals surface area contributed by atoms with Crippen LogP contribution in [0.2, 0.25) is 0 Å². The Balaban J connectivity index is 1.74. The Bertz CT molecular complexity index is 866. The van der Waals surface area contributed by atoms with E-state index in [1.54, 1.807) is 6.07 Å². The molecular weight excluding hydrogens is 351 g/mol. The van der Waals surface area contributed by atoms with Crippen LogP contribution in [0.4, 0.5) is 13.2 Å². The normalized spacial score (nSPS) is 14.9. The molecule has 2 aromatic rings. The van der Waals surface area contributed by atoms with Crippen LogP contribution in [-0.2, 0) is 23.0 Å². The lowest BCUT2D eigenvalue weighted by atomic mass is 10.2. The molecule has 7 heteroatoms. The standard InChI is InChI=1S/C18H18F3NO2S/c19-15-3-1-2-13(10-15)8-9-25(23,24)22(17-6-7-17)12-14-4-5-16(20)11-18(14)21/h1-5,10-11,17H,6-9,12H2. The highest BCUT2D eigenvalue weighted by Gasteiger charge is 2.37. The number of aryl methyl sites for hydroxylation is 1. The van der Waals surface area contributed by atoms with Gasteiger partial charge in [0, 0.05) is 24.2 Å². The van der Waals surface area contributed by atoms with Gasteiger partial charge in [0.25, 0.3) is 0 Å². The van der Waals surface area contributed by atoms with Gasteiger partial charge in [-0.2, -0.15) is 4.31 Å². The van der Waals surface area contributed by atoms with Crippen molar-refractivity contribution < 1.29 is 21.6 Å². The molecule has 0 amide bonds. The van der Waals surface area contributed by atoms with Crippen LogP contribution in [0.3, 0.4) is 0 Å². The highest BCUT2D eigenvalue weighted by Crippen LogP contribution is 2.31. The maximum absolute atomic E-state index is 13.9. The van der Waals surface area contributed by atoms with Crippen LogP contribution in [0.5, 0.6) is 0 Å². The second kappa shape index (κ2) is 7.17. The first-order chi connectivity index (χ1) is 11.8. The predicted octanol–water partition coefficient (Wildman–Crippen LogP) is 3.64. The van der Waals surface area contributed by atoms with Crippen molar-refractivity contribution in [3.05, 3.63) is 71.0 Å². The number of benzene rings is 2. The average Bonchev–Trinajstić information content (AvgIpc) is 3.37. The number of rotatable bonds is 7. The summed E-state index contributed by atoms with van der Waals surface area (Å²) in [6, 6.07) is 8.78. The van der Waals surface area contributed by atoms with Gasteiger partial charge in [0.2, 0.25) is 10.0 Å². The molecule has 0 N–H and O–H groups in total. The minimum Gasteiger partial charge on any atom is -0.212 e. The van der Waals surface area contributed by atoms with Crippen LogP contribution < -0.4 is 0 Å². The molecule has 0 heterocycles. The zero-order valence-electron chi connectivity index (χ0n) is 13.5. The number of hydrogen-bond donors (Lipinski definition) is 0. The summed E-state index contributed by atoms with van der Waals surface area (Å²) in [5.74, 6) is -2.06. The van der Waals surface area contributed by atoms with E-state index in [4.69, 9.17) is 0 Å². The molecule has 134 valence electrons. The van der Waals surface area contributed by atoms with E-state index in [9.17, 15) is 21.6 Å². The molecule has 3 nitrogen and oxygen atoms in total. The lowest BCUT2D eigenvalue weighted by molar-refractivity contribution is 0.391. The zero-order valence-corrected chi connectivity index (χ0v) is 14.3. The Hall–Kier alpha value is -1.86. The Labute approximate surface area is 145 Å². The van der Waals surface area contributed by atoms with Gasteiger partial charge in [-0.05, 0) is 43.0 Å². The summed E-state index contributed by atoms with van der Waals surface area (Å²) in [7, 11) is -3.64. The summed E-state index contributed by atoms with van der Waals surface area (Å²) < 4.78 is 66.8. The lowest BCUT2D eigenvalue weighted by Gasteiger charge is -2.22. The van der Waals surface area contributed by atoms with Crippen molar-refractivity contribution in [1.29, 1.82) is 0 Å². The van der Waals surface area contributed by atoms with E-state index in [1.165, 1.54) is 28.6 Å². The highest BCUT2D eigenvalue weighted by atomic mass is 32.2. The third-order valence-electron chi connectivity index (χ3n) is 4.19. The smallest absolute Gasteiger partial charge is 0.212 e. The third kappa shape index (κ3) is 4.61. The minimum atomic E-state index is -3.64. The molecule has 0 saturated heterocycles. The van der Waals surface area contributed by atoms with Gasteiger partial charge >= 0.3 is 0 Å². The molecule has 0 unspecified atom stereocenters. The zero-order chi connectivity index (χ0) is 18.0. The maximum Gasteiger partial charge on any atom is 0.214 e. The third-order valence-corrected chi connectivity index (χ3v) is 6.05. The quantitative estimate of drug-likeness (QED) is 0.747. The fraction of sp³-hybridized carbons (Fsp3) is 0.333. The fourth-order valence-corrected chi connectivity index (χ4v) is 4.42. The largest absolute Gasteiger partial charge is 0.214 e. The average molecular weight is 369 g/mol. The van der Waals surface area contributed by atoms with Gasteiger partial charge in [0.1, 0.15) is 17.5 Å². The predicted molar refractivity (Wildman–Crippen MR) is 88.8 cm³/mol. The van der Waals surface area contributed by atoms with E-state index in [0.29, 0.717) is 5.56 Å². The molecule has 0 spiro atoms. The van der Waals surface area contributed by atoms with Gasteiger partial charge in [0.15, 0.2) is 0 Å². The van der Waals surface area contributed by atoms with E-state index < -0.39 is 27.5 Å². The number of nitrogens with zero attached hydrogens (tertiary/aromatic N) is 1. The lowest BCUT2D eigenvalue weighted by Crippen LogP contribution is -2.35. The van der Waals surface area contributed by atoms with Crippen LogP contribution in [-0.4, -0.2) is 24.5 Å². The maximum atomic E-state index is 13.9. The Morgan fingerprint density at radius 3 is 2.36 bits per heavy atom. The first-order valence-corrected chi connectivity index (χ1v) is 9.64. The molecule has 0 aromatic heterocycles. The Morgan fingerprint density at radius 1 is 1.00 bits per heavy atom. The van der Waals surface area contributed by atoms with Crippen LogP contribution in [0, 0.1) is 17.5 Å². The van der Waals surface area contributed by atoms with Gasteiger partial charge < -0.3 is 0 Å². The Kier molecular flexibility index (Phi) is 5.15. The minimum absolute atomic E-state index is 0.123. The van der Waals surface area contributed by atoms with Gasteiger partial charge in [-0.1, -0.05) is 18.2 Å². The van der Waals surface area contributed by atoms with Gasteiger partial charge in [-0.3, -0.25) is 0 Å². The molecule has 0 aliphatic heterocycles. The van der Waals surface area contributed by atoms with Crippen LogP contribution in [0.25, 0.3) is 0 Å². The SMILES string of the molecule is O=S(=O)(CCc1cccc(F)c1)N(Cc1ccc(F)cc1F)C1CC1.